The topological polar surface area (TPSA) is 94.4 Å². The van der Waals surface area contributed by atoms with Gasteiger partial charge in [0.25, 0.3) is 0 Å². The molecule has 4 aromatic rings. The molecule has 0 aliphatic rings. The van der Waals surface area contributed by atoms with Gasteiger partial charge >= 0.3 is 6.01 Å². The van der Waals surface area contributed by atoms with E-state index in [4.69, 9.17) is 4.74 Å². The van der Waals surface area contributed by atoms with Crippen molar-refractivity contribution in [1.82, 2.24) is 35.4 Å². The van der Waals surface area contributed by atoms with Gasteiger partial charge in [-0.15, -0.1) is 15.3 Å². The minimum absolute atomic E-state index is 0.469. The largest absolute Gasteiger partial charge is 0.462 e. The Morgan fingerprint density at radius 1 is 1.03 bits per heavy atom. The number of aromatic amines is 1. The summed E-state index contributed by atoms with van der Waals surface area (Å²) in [5, 5.41) is 19.1. The summed E-state index contributed by atoms with van der Waals surface area (Å²) in [5.74, 6) is 2.12. The molecule has 0 spiro atoms. The maximum absolute atomic E-state index is 5.68. The molecule has 4 rings (SSSR count). The van der Waals surface area contributed by atoms with Crippen LogP contribution in [0.25, 0.3) is 22.5 Å². The second-order valence-corrected chi connectivity index (χ2v) is 8.22. The lowest BCUT2D eigenvalue weighted by atomic mass is 9.98. The fraction of sp³-hybridized carbons (Fsp3) is 0.375. The molecular formula is C24H29N7O. The van der Waals surface area contributed by atoms with Crippen LogP contribution in [-0.4, -0.2) is 42.0 Å². The maximum Gasteiger partial charge on any atom is 0.335 e. The molecule has 32 heavy (non-hydrogen) atoms. The van der Waals surface area contributed by atoms with Crippen LogP contribution in [0, 0.1) is 5.92 Å². The Bertz CT molecular complexity index is 1120. The van der Waals surface area contributed by atoms with Gasteiger partial charge in [0, 0.05) is 18.5 Å². The smallest absolute Gasteiger partial charge is 0.335 e. The fourth-order valence-corrected chi connectivity index (χ4v) is 3.49. The van der Waals surface area contributed by atoms with Gasteiger partial charge < -0.3 is 4.74 Å². The van der Waals surface area contributed by atoms with Crippen LogP contribution in [0.5, 0.6) is 6.01 Å². The van der Waals surface area contributed by atoms with Crippen LogP contribution >= 0.6 is 0 Å². The highest BCUT2D eigenvalue weighted by Gasteiger charge is 2.14. The van der Waals surface area contributed by atoms with Crippen molar-refractivity contribution in [2.75, 3.05) is 6.61 Å². The van der Waals surface area contributed by atoms with Crippen molar-refractivity contribution < 1.29 is 4.74 Å². The van der Waals surface area contributed by atoms with Crippen LogP contribution in [-0.2, 0) is 13.0 Å². The summed E-state index contributed by atoms with van der Waals surface area (Å²) >= 11 is 0. The summed E-state index contributed by atoms with van der Waals surface area (Å²) in [4.78, 5) is 4.65. The Morgan fingerprint density at radius 2 is 1.81 bits per heavy atom. The predicted octanol–water partition coefficient (Wildman–Crippen LogP) is 4.55. The minimum atomic E-state index is 0.469. The standard InChI is InChI=1S/C24H29N7O/c1-4-15-32-24-25-22(31(28-24)14-13-17(2)3)16-18-9-11-19(12-10-18)20-7-5-6-8-21(20)23-26-29-30-27-23/h5-12,17H,4,13-16H2,1-3H3,(H,26,27,29,30). The number of H-pyrrole nitrogens is 1. The number of benzene rings is 2. The summed E-state index contributed by atoms with van der Waals surface area (Å²) < 4.78 is 7.67. The molecule has 0 saturated carbocycles. The molecule has 0 radical (unpaired) electrons. The molecular weight excluding hydrogens is 402 g/mol. The number of aryl methyl sites for hydroxylation is 1. The number of nitrogens with one attached hydrogen (secondary N) is 1. The van der Waals surface area contributed by atoms with E-state index in [2.05, 4.69) is 81.8 Å². The Kier molecular flexibility index (Phi) is 6.89. The van der Waals surface area contributed by atoms with Crippen LogP contribution < -0.4 is 4.74 Å². The van der Waals surface area contributed by atoms with E-state index in [1.54, 1.807) is 0 Å². The van der Waals surface area contributed by atoms with Crippen molar-refractivity contribution in [2.45, 2.75) is 46.6 Å². The molecule has 2 aromatic heterocycles. The molecule has 8 nitrogen and oxygen atoms in total. The number of hydrogen-bond acceptors (Lipinski definition) is 6. The predicted molar refractivity (Wildman–Crippen MR) is 123 cm³/mol. The molecule has 0 saturated heterocycles. The van der Waals surface area contributed by atoms with E-state index in [-0.39, 0.29) is 0 Å². The lowest BCUT2D eigenvalue weighted by Crippen LogP contribution is -2.08. The normalized spacial score (nSPS) is 11.2. The van der Waals surface area contributed by atoms with E-state index in [1.807, 2.05) is 22.9 Å². The average Bonchev–Trinajstić information content (AvgIpc) is 3.47. The van der Waals surface area contributed by atoms with Crippen molar-refractivity contribution >= 4 is 0 Å². The highest BCUT2D eigenvalue weighted by atomic mass is 16.5. The Labute approximate surface area is 188 Å². The third-order valence-electron chi connectivity index (χ3n) is 5.22. The van der Waals surface area contributed by atoms with Gasteiger partial charge in [0.2, 0.25) is 5.82 Å². The number of aromatic nitrogens is 7. The molecule has 0 unspecified atom stereocenters. The average molecular weight is 432 g/mol. The summed E-state index contributed by atoms with van der Waals surface area (Å²) in [6, 6.07) is 17.1. The third-order valence-corrected chi connectivity index (χ3v) is 5.22. The van der Waals surface area contributed by atoms with Crippen LogP contribution in [0.15, 0.2) is 48.5 Å². The Hall–Kier alpha value is -3.55. The monoisotopic (exact) mass is 431 g/mol. The van der Waals surface area contributed by atoms with Crippen LogP contribution in [0.3, 0.4) is 0 Å². The maximum atomic E-state index is 5.68. The summed E-state index contributed by atoms with van der Waals surface area (Å²) in [6.45, 7) is 7.98. The second-order valence-electron chi connectivity index (χ2n) is 8.22. The quantitative estimate of drug-likeness (QED) is 0.396. The van der Waals surface area contributed by atoms with Crippen molar-refractivity contribution in [2.24, 2.45) is 5.92 Å². The van der Waals surface area contributed by atoms with Gasteiger partial charge in [0.05, 0.1) is 6.61 Å². The molecule has 2 aromatic carbocycles. The molecule has 0 bridgehead atoms. The minimum Gasteiger partial charge on any atom is -0.462 e. The zero-order valence-corrected chi connectivity index (χ0v) is 18.8. The van der Waals surface area contributed by atoms with Crippen molar-refractivity contribution in [3.05, 3.63) is 59.9 Å². The number of hydrogen-bond donors (Lipinski definition) is 1. The molecule has 166 valence electrons. The number of tetrazole rings is 1. The molecule has 8 heteroatoms. The van der Waals surface area contributed by atoms with Crippen LogP contribution in [0.1, 0.15) is 45.0 Å². The van der Waals surface area contributed by atoms with E-state index >= 15 is 0 Å². The van der Waals surface area contributed by atoms with Gasteiger partial charge in [-0.25, -0.2) is 4.68 Å². The van der Waals surface area contributed by atoms with E-state index in [1.165, 1.54) is 5.56 Å². The van der Waals surface area contributed by atoms with E-state index in [9.17, 15) is 0 Å². The first-order valence-electron chi connectivity index (χ1n) is 11.1. The zero-order valence-electron chi connectivity index (χ0n) is 18.8. The van der Waals surface area contributed by atoms with Gasteiger partial charge in [0.1, 0.15) is 5.82 Å². The van der Waals surface area contributed by atoms with Crippen molar-refractivity contribution in [3.63, 3.8) is 0 Å². The van der Waals surface area contributed by atoms with E-state index in [0.29, 0.717) is 30.8 Å². The van der Waals surface area contributed by atoms with Crippen LogP contribution in [0.2, 0.25) is 0 Å². The van der Waals surface area contributed by atoms with E-state index < -0.39 is 0 Å². The molecule has 1 N–H and O–H groups in total. The van der Waals surface area contributed by atoms with Crippen molar-refractivity contribution in [1.29, 1.82) is 0 Å². The first-order valence-corrected chi connectivity index (χ1v) is 11.1. The third kappa shape index (κ3) is 5.19. The lowest BCUT2D eigenvalue weighted by Gasteiger charge is -2.09. The molecule has 0 amide bonds. The number of rotatable bonds is 10. The summed E-state index contributed by atoms with van der Waals surface area (Å²) in [6.07, 6.45) is 2.69. The lowest BCUT2D eigenvalue weighted by molar-refractivity contribution is 0.289. The number of ether oxygens (including phenoxy) is 1. The van der Waals surface area contributed by atoms with Gasteiger partial charge in [0.15, 0.2) is 0 Å². The molecule has 2 heterocycles. The fourth-order valence-electron chi connectivity index (χ4n) is 3.49. The second kappa shape index (κ2) is 10.2. The highest BCUT2D eigenvalue weighted by molar-refractivity contribution is 5.80. The molecule has 0 aliphatic heterocycles. The molecule has 0 atom stereocenters. The van der Waals surface area contributed by atoms with Gasteiger partial charge in [-0.05, 0) is 40.7 Å². The Morgan fingerprint density at radius 3 is 2.50 bits per heavy atom. The SMILES string of the molecule is CCCOc1nc(Cc2ccc(-c3ccccc3-c3nn[nH]n3)cc2)n(CCC(C)C)n1. The first-order chi connectivity index (χ1) is 15.6. The zero-order chi connectivity index (χ0) is 22.3. The van der Waals surface area contributed by atoms with Gasteiger partial charge in [-0.2, -0.15) is 10.2 Å². The van der Waals surface area contributed by atoms with Gasteiger partial charge in [-0.3, -0.25) is 0 Å². The first kappa shape index (κ1) is 21.7. The molecule has 0 aliphatic carbocycles. The van der Waals surface area contributed by atoms with Crippen molar-refractivity contribution in [3.8, 4) is 28.5 Å². The van der Waals surface area contributed by atoms with E-state index in [0.717, 1.165) is 41.9 Å². The summed E-state index contributed by atoms with van der Waals surface area (Å²) in [5.41, 5.74) is 4.28. The number of nitrogens with zero attached hydrogens (tertiary/aromatic N) is 6. The Balaban J connectivity index is 1.55. The van der Waals surface area contributed by atoms with Gasteiger partial charge in [-0.1, -0.05) is 69.3 Å². The highest BCUT2D eigenvalue weighted by Crippen LogP contribution is 2.30. The van der Waals surface area contributed by atoms with Crippen LogP contribution in [0.4, 0.5) is 0 Å². The molecule has 0 fully saturated rings. The summed E-state index contributed by atoms with van der Waals surface area (Å²) in [7, 11) is 0.